The predicted molar refractivity (Wildman–Crippen MR) is 96.9 cm³/mol. The first kappa shape index (κ1) is 16.5. The highest BCUT2D eigenvalue weighted by atomic mass is 79.9. The third-order valence-electron chi connectivity index (χ3n) is 3.78. The van der Waals surface area contributed by atoms with Gasteiger partial charge in [-0.3, -0.25) is 4.79 Å². The standard InChI is InChI=1S/C17H18BrN3OS/c1-10(16(22)21-13-8-6-12(18)7-9-13)23-17-14-4-3-5-15(14)19-11(2)20-17/h6-10H,3-5H2,1-2H3,(H,21,22)/t10-/m1/s1. The second kappa shape index (κ2) is 7.01. The lowest BCUT2D eigenvalue weighted by Gasteiger charge is -2.14. The first-order valence-electron chi connectivity index (χ1n) is 7.62. The molecule has 1 heterocycles. The summed E-state index contributed by atoms with van der Waals surface area (Å²) in [6.07, 6.45) is 3.16. The maximum atomic E-state index is 12.4. The SMILES string of the molecule is Cc1nc2c(c(S[C@H](C)C(=O)Nc3ccc(Br)cc3)n1)CCC2. The molecule has 0 spiro atoms. The molecular weight excluding hydrogens is 374 g/mol. The number of nitrogens with zero attached hydrogens (tertiary/aromatic N) is 2. The topological polar surface area (TPSA) is 54.9 Å². The van der Waals surface area contributed by atoms with Crippen LogP contribution in [0.25, 0.3) is 0 Å². The van der Waals surface area contributed by atoms with E-state index in [1.165, 1.54) is 17.3 Å². The smallest absolute Gasteiger partial charge is 0.237 e. The number of amides is 1. The van der Waals surface area contributed by atoms with Crippen molar-refractivity contribution in [2.45, 2.75) is 43.4 Å². The molecule has 1 aromatic heterocycles. The molecular formula is C17H18BrN3OS. The Morgan fingerprint density at radius 2 is 2.00 bits per heavy atom. The molecule has 2 aromatic rings. The van der Waals surface area contributed by atoms with E-state index in [0.717, 1.165) is 46.0 Å². The van der Waals surface area contributed by atoms with Gasteiger partial charge >= 0.3 is 0 Å². The second-order valence-electron chi connectivity index (χ2n) is 5.61. The number of hydrogen-bond acceptors (Lipinski definition) is 4. The molecule has 1 atom stereocenters. The number of carbonyl (C=O) groups excluding carboxylic acids is 1. The van der Waals surface area contributed by atoms with Crippen LogP contribution in [0.1, 0.15) is 30.4 Å². The molecule has 0 saturated carbocycles. The molecule has 0 fully saturated rings. The van der Waals surface area contributed by atoms with Gasteiger partial charge < -0.3 is 5.32 Å². The van der Waals surface area contributed by atoms with Crippen LogP contribution in [0.2, 0.25) is 0 Å². The summed E-state index contributed by atoms with van der Waals surface area (Å²) in [7, 11) is 0. The Morgan fingerprint density at radius 3 is 2.74 bits per heavy atom. The van der Waals surface area contributed by atoms with E-state index in [0.29, 0.717) is 0 Å². The predicted octanol–water partition coefficient (Wildman–Crippen LogP) is 4.16. The van der Waals surface area contributed by atoms with Gasteiger partial charge in [0.15, 0.2) is 0 Å². The van der Waals surface area contributed by atoms with Crippen LogP contribution in [-0.2, 0) is 17.6 Å². The van der Waals surface area contributed by atoms with Crippen molar-refractivity contribution >= 4 is 39.3 Å². The third kappa shape index (κ3) is 3.93. The molecule has 0 aliphatic heterocycles. The van der Waals surface area contributed by atoms with E-state index in [9.17, 15) is 4.79 Å². The molecule has 1 aliphatic carbocycles. The normalized spacial score (nSPS) is 14.4. The van der Waals surface area contributed by atoms with Crippen molar-refractivity contribution in [3.63, 3.8) is 0 Å². The van der Waals surface area contributed by atoms with Crippen molar-refractivity contribution in [2.24, 2.45) is 0 Å². The number of hydrogen-bond donors (Lipinski definition) is 1. The van der Waals surface area contributed by atoms with Crippen LogP contribution < -0.4 is 5.32 Å². The summed E-state index contributed by atoms with van der Waals surface area (Å²) in [5, 5.41) is 3.70. The van der Waals surface area contributed by atoms with Gasteiger partial charge in [0, 0.05) is 21.4 Å². The fraction of sp³-hybridized carbons (Fsp3) is 0.353. The van der Waals surface area contributed by atoms with E-state index >= 15 is 0 Å². The number of rotatable bonds is 4. The molecule has 0 unspecified atom stereocenters. The number of carbonyl (C=O) groups is 1. The van der Waals surface area contributed by atoms with Crippen LogP contribution >= 0.6 is 27.7 Å². The first-order chi connectivity index (χ1) is 11.0. The second-order valence-corrected chi connectivity index (χ2v) is 7.86. The molecule has 1 aliphatic rings. The number of anilines is 1. The van der Waals surface area contributed by atoms with E-state index in [1.807, 2.05) is 38.1 Å². The van der Waals surface area contributed by atoms with Gasteiger partial charge in [-0.05, 0) is 57.4 Å². The van der Waals surface area contributed by atoms with E-state index in [-0.39, 0.29) is 11.2 Å². The van der Waals surface area contributed by atoms with Crippen molar-refractivity contribution < 1.29 is 4.79 Å². The Morgan fingerprint density at radius 1 is 1.26 bits per heavy atom. The summed E-state index contributed by atoms with van der Waals surface area (Å²) in [6, 6.07) is 7.58. The van der Waals surface area contributed by atoms with Crippen LogP contribution in [-0.4, -0.2) is 21.1 Å². The minimum absolute atomic E-state index is 0.0136. The van der Waals surface area contributed by atoms with E-state index < -0.39 is 0 Å². The fourth-order valence-corrected chi connectivity index (χ4v) is 3.92. The largest absolute Gasteiger partial charge is 0.325 e. The average Bonchev–Trinajstić information content (AvgIpc) is 2.97. The lowest BCUT2D eigenvalue weighted by Crippen LogP contribution is -2.22. The number of nitrogens with one attached hydrogen (secondary N) is 1. The average molecular weight is 392 g/mol. The van der Waals surface area contributed by atoms with Crippen molar-refractivity contribution in [3.8, 4) is 0 Å². The number of halogens is 1. The minimum atomic E-state index is -0.211. The van der Waals surface area contributed by atoms with Crippen LogP contribution in [0.3, 0.4) is 0 Å². The first-order valence-corrected chi connectivity index (χ1v) is 9.29. The van der Waals surface area contributed by atoms with Crippen LogP contribution in [0.15, 0.2) is 33.8 Å². The fourth-order valence-electron chi connectivity index (χ4n) is 2.61. The summed E-state index contributed by atoms with van der Waals surface area (Å²) in [5.74, 6) is 0.772. The van der Waals surface area contributed by atoms with Crippen molar-refractivity contribution in [2.75, 3.05) is 5.32 Å². The van der Waals surface area contributed by atoms with E-state index in [2.05, 4.69) is 31.2 Å². The van der Waals surface area contributed by atoms with Gasteiger partial charge in [-0.2, -0.15) is 0 Å². The molecule has 1 N–H and O–H groups in total. The zero-order valence-electron chi connectivity index (χ0n) is 13.1. The molecule has 23 heavy (non-hydrogen) atoms. The minimum Gasteiger partial charge on any atom is -0.325 e. The lowest BCUT2D eigenvalue weighted by atomic mass is 10.3. The Hall–Kier alpha value is -1.40. The molecule has 1 aromatic carbocycles. The van der Waals surface area contributed by atoms with Crippen LogP contribution in [0.5, 0.6) is 0 Å². The number of benzene rings is 1. The molecule has 120 valence electrons. The lowest BCUT2D eigenvalue weighted by molar-refractivity contribution is -0.115. The van der Waals surface area contributed by atoms with Crippen molar-refractivity contribution in [1.29, 1.82) is 0 Å². The number of aryl methyl sites for hydroxylation is 2. The van der Waals surface area contributed by atoms with Crippen LogP contribution in [0, 0.1) is 6.92 Å². The monoisotopic (exact) mass is 391 g/mol. The number of aromatic nitrogens is 2. The highest BCUT2D eigenvalue weighted by Crippen LogP contribution is 2.32. The summed E-state index contributed by atoms with van der Waals surface area (Å²) >= 11 is 4.91. The highest BCUT2D eigenvalue weighted by Gasteiger charge is 2.22. The third-order valence-corrected chi connectivity index (χ3v) is 5.43. The molecule has 0 saturated heterocycles. The maximum absolute atomic E-state index is 12.4. The summed E-state index contributed by atoms with van der Waals surface area (Å²) in [6.45, 7) is 3.83. The van der Waals surface area contributed by atoms with Gasteiger partial charge in [0.2, 0.25) is 5.91 Å². The molecule has 0 bridgehead atoms. The van der Waals surface area contributed by atoms with E-state index in [4.69, 9.17) is 0 Å². The highest BCUT2D eigenvalue weighted by molar-refractivity contribution is 9.10. The number of fused-ring (bicyclic) bond motifs is 1. The van der Waals surface area contributed by atoms with Crippen molar-refractivity contribution in [1.82, 2.24) is 9.97 Å². The maximum Gasteiger partial charge on any atom is 0.237 e. The summed E-state index contributed by atoms with van der Waals surface area (Å²) in [4.78, 5) is 21.5. The molecule has 0 radical (unpaired) electrons. The summed E-state index contributed by atoms with van der Waals surface area (Å²) < 4.78 is 0.991. The van der Waals surface area contributed by atoms with Gasteiger partial charge in [0.1, 0.15) is 10.9 Å². The Bertz CT molecular complexity index is 733. The van der Waals surface area contributed by atoms with Gasteiger partial charge in [0.25, 0.3) is 0 Å². The Balaban J connectivity index is 1.70. The molecule has 1 amide bonds. The quantitative estimate of drug-likeness (QED) is 0.627. The molecule has 6 heteroatoms. The Kier molecular flexibility index (Phi) is 5.02. The van der Waals surface area contributed by atoms with Gasteiger partial charge in [-0.15, -0.1) is 0 Å². The zero-order valence-corrected chi connectivity index (χ0v) is 15.5. The molecule has 4 nitrogen and oxygen atoms in total. The summed E-state index contributed by atoms with van der Waals surface area (Å²) in [5.41, 5.74) is 3.18. The zero-order chi connectivity index (χ0) is 16.4. The molecule has 3 rings (SSSR count). The van der Waals surface area contributed by atoms with Crippen LogP contribution in [0.4, 0.5) is 5.69 Å². The Labute approximate surface area is 148 Å². The van der Waals surface area contributed by atoms with Crippen molar-refractivity contribution in [3.05, 3.63) is 45.8 Å². The van der Waals surface area contributed by atoms with Gasteiger partial charge in [0.05, 0.1) is 5.25 Å². The van der Waals surface area contributed by atoms with E-state index in [1.54, 1.807) is 0 Å². The van der Waals surface area contributed by atoms with Gasteiger partial charge in [-0.25, -0.2) is 9.97 Å². The number of thioether (sulfide) groups is 1. The van der Waals surface area contributed by atoms with Gasteiger partial charge in [-0.1, -0.05) is 27.7 Å².